The first-order valence-corrected chi connectivity index (χ1v) is 11.0. The van der Waals surface area contributed by atoms with Crippen molar-refractivity contribution in [1.82, 2.24) is 19.8 Å². The van der Waals surface area contributed by atoms with Crippen molar-refractivity contribution in [3.05, 3.63) is 53.9 Å². The van der Waals surface area contributed by atoms with Gasteiger partial charge in [0.2, 0.25) is 0 Å². The minimum atomic E-state index is -0.102. The van der Waals surface area contributed by atoms with Gasteiger partial charge in [0, 0.05) is 43.6 Å². The Bertz CT molecular complexity index is 1180. The molecule has 1 N–H and O–H groups in total. The lowest BCUT2D eigenvalue weighted by Crippen LogP contribution is -2.49. The molecule has 1 aliphatic carbocycles. The summed E-state index contributed by atoms with van der Waals surface area (Å²) in [5, 5.41) is 7.35. The summed E-state index contributed by atoms with van der Waals surface area (Å²) in [6.45, 7) is 4.79. The average Bonchev–Trinajstić information content (AvgIpc) is 3.53. The number of benzene rings is 1. The van der Waals surface area contributed by atoms with E-state index < -0.39 is 0 Å². The summed E-state index contributed by atoms with van der Waals surface area (Å²) in [6.07, 6.45) is 6.58. The number of amides is 3. The third kappa shape index (κ3) is 3.66. The van der Waals surface area contributed by atoms with Crippen LogP contribution in [0.25, 0.3) is 5.52 Å². The molecule has 1 saturated heterocycles. The molecule has 1 saturated carbocycles. The van der Waals surface area contributed by atoms with E-state index in [-0.39, 0.29) is 18.0 Å². The van der Waals surface area contributed by atoms with Crippen molar-refractivity contribution in [2.45, 2.75) is 45.2 Å². The van der Waals surface area contributed by atoms with Crippen LogP contribution in [-0.2, 0) is 0 Å². The van der Waals surface area contributed by atoms with Gasteiger partial charge < -0.3 is 15.0 Å². The number of hydrogen-bond acceptors (Lipinski definition) is 4. The number of likely N-dealkylation sites (tertiary alicyclic amines) is 1. The minimum absolute atomic E-state index is 0.0366. The van der Waals surface area contributed by atoms with E-state index in [9.17, 15) is 9.59 Å². The van der Waals surface area contributed by atoms with Crippen molar-refractivity contribution in [1.29, 1.82) is 0 Å². The number of carbonyl (C=O) groups is 2. The number of aryl methyl sites for hydroxylation is 1. The van der Waals surface area contributed by atoms with Crippen LogP contribution in [-0.4, -0.2) is 52.1 Å². The van der Waals surface area contributed by atoms with Crippen LogP contribution in [0, 0.1) is 6.92 Å². The molecule has 0 spiro atoms. The zero-order chi connectivity index (χ0) is 22.4. The second kappa shape index (κ2) is 7.85. The maximum Gasteiger partial charge on any atom is 0.321 e. The Morgan fingerprint density at radius 1 is 1.16 bits per heavy atom. The number of aromatic nitrogens is 2. The number of ether oxygens (including phenoxy) is 1. The van der Waals surface area contributed by atoms with Gasteiger partial charge in [0.1, 0.15) is 11.3 Å². The molecule has 2 fully saturated rings. The van der Waals surface area contributed by atoms with Crippen molar-refractivity contribution in [3.8, 4) is 11.5 Å². The molecule has 5 rings (SSSR count). The molecular formula is C24H27N5O3. The lowest BCUT2D eigenvalue weighted by atomic mass is 10.0. The molecule has 166 valence electrons. The smallest absolute Gasteiger partial charge is 0.321 e. The molecule has 8 heteroatoms. The SMILES string of the molecule is Cc1c(C(=O)N2CCC2C)cn2nccc(Oc3ccc(N(C)C(=O)NC4CC4)cc3)c12. The molecule has 0 radical (unpaired) electrons. The number of urea groups is 1. The Kier molecular flexibility index (Phi) is 5.00. The van der Waals surface area contributed by atoms with Crippen molar-refractivity contribution < 1.29 is 14.3 Å². The topological polar surface area (TPSA) is 79.2 Å². The van der Waals surface area contributed by atoms with Gasteiger partial charge in [-0.3, -0.25) is 9.69 Å². The fraction of sp³-hybridized carbons (Fsp3) is 0.375. The minimum Gasteiger partial charge on any atom is -0.455 e. The number of nitrogens with one attached hydrogen (secondary N) is 1. The molecular weight excluding hydrogens is 406 g/mol. The van der Waals surface area contributed by atoms with Gasteiger partial charge in [0.25, 0.3) is 5.91 Å². The van der Waals surface area contributed by atoms with Crippen LogP contribution in [0.5, 0.6) is 11.5 Å². The molecule has 1 aromatic carbocycles. The van der Waals surface area contributed by atoms with Crippen LogP contribution in [0.15, 0.2) is 42.7 Å². The maximum absolute atomic E-state index is 12.9. The van der Waals surface area contributed by atoms with Gasteiger partial charge >= 0.3 is 6.03 Å². The van der Waals surface area contributed by atoms with Crippen molar-refractivity contribution in [2.75, 3.05) is 18.5 Å². The fourth-order valence-corrected chi connectivity index (χ4v) is 3.98. The number of hydrogen-bond donors (Lipinski definition) is 1. The summed E-state index contributed by atoms with van der Waals surface area (Å²) in [5.41, 5.74) is 3.06. The van der Waals surface area contributed by atoms with Gasteiger partial charge in [-0.1, -0.05) is 0 Å². The van der Waals surface area contributed by atoms with Gasteiger partial charge in [0.15, 0.2) is 5.75 Å². The molecule has 32 heavy (non-hydrogen) atoms. The third-order valence-electron chi connectivity index (χ3n) is 6.36. The predicted molar refractivity (Wildman–Crippen MR) is 122 cm³/mol. The fourth-order valence-electron chi connectivity index (χ4n) is 3.98. The highest BCUT2D eigenvalue weighted by atomic mass is 16.5. The van der Waals surface area contributed by atoms with E-state index in [1.54, 1.807) is 34.9 Å². The predicted octanol–water partition coefficient (Wildman–Crippen LogP) is 3.98. The van der Waals surface area contributed by atoms with Crippen LogP contribution >= 0.6 is 0 Å². The third-order valence-corrected chi connectivity index (χ3v) is 6.36. The lowest BCUT2D eigenvalue weighted by Gasteiger charge is -2.38. The average molecular weight is 434 g/mol. The Morgan fingerprint density at radius 3 is 2.53 bits per heavy atom. The number of carbonyl (C=O) groups excluding carboxylic acids is 2. The van der Waals surface area contributed by atoms with Crippen LogP contribution in [0.2, 0.25) is 0 Å². The summed E-state index contributed by atoms with van der Waals surface area (Å²) in [6, 6.07) is 9.65. The van der Waals surface area contributed by atoms with Gasteiger partial charge in [-0.05, 0) is 62.9 Å². The van der Waals surface area contributed by atoms with E-state index >= 15 is 0 Å². The van der Waals surface area contributed by atoms with Crippen molar-refractivity contribution in [2.24, 2.45) is 0 Å². The molecule has 3 heterocycles. The molecule has 1 atom stereocenters. The highest BCUT2D eigenvalue weighted by Gasteiger charge is 2.31. The van der Waals surface area contributed by atoms with Crippen molar-refractivity contribution in [3.63, 3.8) is 0 Å². The van der Waals surface area contributed by atoms with E-state index in [1.165, 1.54) is 0 Å². The zero-order valence-electron chi connectivity index (χ0n) is 18.5. The molecule has 2 aromatic heterocycles. The second-order valence-electron chi connectivity index (χ2n) is 8.67. The first kappa shape index (κ1) is 20.4. The van der Waals surface area contributed by atoms with Gasteiger partial charge in [0.05, 0.1) is 11.8 Å². The summed E-state index contributed by atoms with van der Waals surface area (Å²) in [7, 11) is 1.75. The Labute approximate surface area is 186 Å². The first-order chi connectivity index (χ1) is 15.4. The molecule has 1 unspecified atom stereocenters. The Balaban J connectivity index is 1.37. The Hall–Kier alpha value is -3.55. The number of anilines is 1. The largest absolute Gasteiger partial charge is 0.455 e. The summed E-state index contributed by atoms with van der Waals surface area (Å²) in [4.78, 5) is 28.7. The number of nitrogens with zero attached hydrogens (tertiary/aromatic N) is 4. The van der Waals surface area contributed by atoms with E-state index in [0.29, 0.717) is 23.1 Å². The highest BCUT2D eigenvalue weighted by molar-refractivity contribution is 5.99. The lowest BCUT2D eigenvalue weighted by molar-refractivity contribution is 0.0501. The van der Waals surface area contributed by atoms with E-state index in [1.807, 2.05) is 36.1 Å². The van der Waals surface area contributed by atoms with Gasteiger partial charge in [-0.25, -0.2) is 9.31 Å². The van der Waals surface area contributed by atoms with Crippen molar-refractivity contribution >= 4 is 23.1 Å². The van der Waals surface area contributed by atoms with E-state index in [2.05, 4.69) is 17.3 Å². The molecule has 8 nitrogen and oxygen atoms in total. The van der Waals surface area contributed by atoms with Crippen LogP contribution in [0.4, 0.5) is 10.5 Å². The molecule has 0 bridgehead atoms. The molecule has 3 aromatic rings. The number of rotatable bonds is 5. The normalized spacial score (nSPS) is 17.7. The van der Waals surface area contributed by atoms with E-state index in [4.69, 9.17) is 4.74 Å². The molecule has 3 amide bonds. The van der Waals surface area contributed by atoms with Crippen LogP contribution in [0.3, 0.4) is 0 Å². The monoisotopic (exact) mass is 433 g/mol. The Morgan fingerprint density at radius 2 is 1.91 bits per heavy atom. The first-order valence-electron chi connectivity index (χ1n) is 11.0. The van der Waals surface area contributed by atoms with Crippen LogP contribution in [0.1, 0.15) is 42.1 Å². The number of fused-ring (bicyclic) bond motifs is 1. The maximum atomic E-state index is 12.9. The highest BCUT2D eigenvalue weighted by Crippen LogP contribution is 2.32. The summed E-state index contributed by atoms with van der Waals surface area (Å²) >= 11 is 0. The van der Waals surface area contributed by atoms with Gasteiger partial charge in [-0.2, -0.15) is 5.10 Å². The zero-order valence-corrected chi connectivity index (χ0v) is 18.5. The molecule has 1 aliphatic heterocycles. The summed E-state index contributed by atoms with van der Waals surface area (Å²) < 4.78 is 7.85. The summed E-state index contributed by atoms with van der Waals surface area (Å²) in [5.74, 6) is 1.30. The van der Waals surface area contributed by atoms with E-state index in [0.717, 1.165) is 42.6 Å². The van der Waals surface area contributed by atoms with Crippen LogP contribution < -0.4 is 15.0 Å². The van der Waals surface area contributed by atoms with Gasteiger partial charge in [-0.15, -0.1) is 0 Å². The second-order valence-corrected chi connectivity index (χ2v) is 8.67. The standard InChI is InChI=1S/C24H27N5O3/c1-15-11-13-28(15)23(30)20-14-29-22(16(20)2)21(10-12-25-29)32-19-8-6-18(7-9-19)27(3)24(31)26-17-4-5-17/h6-10,12,14-15,17H,4-5,11,13H2,1-3H3,(H,26,31). The molecule has 2 aliphatic rings. The quantitative estimate of drug-likeness (QED) is 0.660.